The Bertz CT molecular complexity index is 489. The van der Waals surface area contributed by atoms with Crippen LogP contribution in [0.15, 0.2) is 18.2 Å². The number of aliphatic hydroxyl groups excluding tert-OH is 1. The van der Waals surface area contributed by atoms with Crippen molar-refractivity contribution in [3.05, 3.63) is 29.3 Å². The topological polar surface area (TPSA) is 59.0 Å². The quantitative estimate of drug-likeness (QED) is 0.889. The van der Waals surface area contributed by atoms with Gasteiger partial charge in [0.05, 0.1) is 32.3 Å². The van der Waals surface area contributed by atoms with Crippen LogP contribution in [0.3, 0.4) is 0 Å². The summed E-state index contributed by atoms with van der Waals surface area (Å²) in [5.41, 5.74) is 2.21. The molecule has 1 aliphatic rings. The zero-order valence-corrected chi connectivity index (χ0v) is 12.7. The molecule has 1 heterocycles. The first-order valence-electron chi connectivity index (χ1n) is 7.30. The van der Waals surface area contributed by atoms with Gasteiger partial charge in [0, 0.05) is 13.1 Å². The second-order valence-corrected chi connectivity index (χ2v) is 5.38. The summed E-state index contributed by atoms with van der Waals surface area (Å²) in [5, 5.41) is 9.08. The molecule has 1 atom stereocenters. The van der Waals surface area contributed by atoms with Gasteiger partial charge in [-0.3, -0.25) is 4.79 Å². The molecule has 1 fully saturated rings. The zero-order chi connectivity index (χ0) is 15.2. The number of hydrogen-bond donors (Lipinski definition) is 1. The summed E-state index contributed by atoms with van der Waals surface area (Å²) in [6, 6.07) is 6.03. The van der Waals surface area contributed by atoms with Crippen molar-refractivity contribution in [2.45, 2.75) is 26.4 Å². The molecule has 0 spiro atoms. The molecule has 0 saturated carbocycles. The zero-order valence-electron chi connectivity index (χ0n) is 12.7. The molecule has 5 nitrogen and oxygen atoms in total. The number of carbonyl (C=O) groups is 1. The Kier molecular flexibility index (Phi) is 5.59. The number of ether oxygens (including phenoxy) is 2. The van der Waals surface area contributed by atoms with Gasteiger partial charge in [-0.15, -0.1) is 0 Å². The van der Waals surface area contributed by atoms with Crippen molar-refractivity contribution in [3.8, 4) is 5.75 Å². The van der Waals surface area contributed by atoms with Crippen LogP contribution in [0.1, 0.15) is 17.5 Å². The molecule has 21 heavy (non-hydrogen) atoms. The molecule has 116 valence electrons. The Morgan fingerprint density at radius 2 is 2.29 bits per heavy atom. The average Bonchev–Trinajstić information content (AvgIpc) is 2.50. The molecule has 0 aliphatic carbocycles. The van der Waals surface area contributed by atoms with Crippen LogP contribution in [-0.4, -0.2) is 54.9 Å². The van der Waals surface area contributed by atoms with E-state index in [1.165, 1.54) is 0 Å². The molecule has 1 saturated heterocycles. The summed E-state index contributed by atoms with van der Waals surface area (Å²) in [7, 11) is 0. The number of benzene rings is 1. The molecule has 0 aromatic heterocycles. The van der Waals surface area contributed by atoms with Crippen molar-refractivity contribution in [2.75, 3.05) is 32.9 Å². The highest BCUT2D eigenvalue weighted by Crippen LogP contribution is 2.19. The van der Waals surface area contributed by atoms with Crippen LogP contribution >= 0.6 is 0 Å². The summed E-state index contributed by atoms with van der Waals surface area (Å²) in [6.45, 7) is 5.84. The molecule has 1 aromatic rings. The van der Waals surface area contributed by atoms with Crippen LogP contribution in [0.5, 0.6) is 5.75 Å². The highest BCUT2D eigenvalue weighted by atomic mass is 16.5. The van der Waals surface area contributed by atoms with E-state index in [9.17, 15) is 4.79 Å². The third kappa shape index (κ3) is 4.44. The van der Waals surface area contributed by atoms with Gasteiger partial charge in [0.2, 0.25) is 5.91 Å². The maximum Gasteiger partial charge on any atom is 0.226 e. The number of carbonyl (C=O) groups excluding carboxylic acids is 1. The molecule has 0 radical (unpaired) electrons. The van der Waals surface area contributed by atoms with E-state index >= 15 is 0 Å². The molecule has 1 unspecified atom stereocenters. The first-order chi connectivity index (χ1) is 10.1. The maximum absolute atomic E-state index is 12.1. The van der Waals surface area contributed by atoms with Crippen molar-refractivity contribution in [2.24, 2.45) is 0 Å². The van der Waals surface area contributed by atoms with E-state index < -0.39 is 0 Å². The minimum absolute atomic E-state index is 0.0436. The third-order valence-electron chi connectivity index (χ3n) is 3.61. The van der Waals surface area contributed by atoms with Gasteiger partial charge in [-0.1, -0.05) is 12.1 Å². The van der Waals surface area contributed by atoms with Gasteiger partial charge < -0.3 is 19.5 Å². The highest BCUT2D eigenvalue weighted by molar-refractivity contribution is 5.76. The Balaban J connectivity index is 1.80. The molecule has 2 rings (SSSR count). The van der Waals surface area contributed by atoms with Crippen LogP contribution in [0, 0.1) is 13.8 Å². The first kappa shape index (κ1) is 15.8. The van der Waals surface area contributed by atoms with E-state index in [4.69, 9.17) is 14.6 Å². The lowest BCUT2D eigenvalue weighted by molar-refractivity contribution is -0.140. The second kappa shape index (κ2) is 7.43. The maximum atomic E-state index is 12.1. The standard InChI is InChI=1S/C16H23NO4/c1-12-3-4-13(2)15(9-12)21-7-5-16(19)17-6-8-20-14(10-17)11-18/h3-4,9,14,18H,5-8,10-11H2,1-2H3. The van der Waals surface area contributed by atoms with E-state index in [-0.39, 0.29) is 18.6 Å². The van der Waals surface area contributed by atoms with Crippen LogP contribution in [0.4, 0.5) is 0 Å². The molecule has 1 aliphatic heterocycles. The first-order valence-corrected chi connectivity index (χ1v) is 7.30. The van der Waals surface area contributed by atoms with Crippen molar-refractivity contribution >= 4 is 5.91 Å². The summed E-state index contributed by atoms with van der Waals surface area (Å²) < 4.78 is 11.0. The lowest BCUT2D eigenvalue weighted by Gasteiger charge is -2.32. The molecule has 1 N–H and O–H groups in total. The van der Waals surface area contributed by atoms with Gasteiger partial charge in [0.25, 0.3) is 0 Å². The fourth-order valence-corrected chi connectivity index (χ4v) is 2.33. The number of aliphatic hydroxyl groups is 1. The normalized spacial score (nSPS) is 18.6. The molecule has 5 heteroatoms. The van der Waals surface area contributed by atoms with Crippen LogP contribution in [0.2, 0.25) is 0 Å². The summed E-state index contributed by atoms with van der Waals surface area (Å²) in [4.78, 5) is 13.8. The van der Waals surface area contributed by atoms with E-state index in [1.54, 1.807) is 4.90 Å². The van der Waals surface area contributed by atoms with E-state index in [1.807, 2.05) is 32.0 Å². The van der Waals surface area contributed by atoms with Gasteiger partial charge in [-0.25, -0.2) is 0 Å². The van der Waals surface area contributed by atoms with E-state index in [2.05, 4.69) is 0 Å². The fraction of sp³-hybridized carbons (Fsp3) is 0.562. The monoisotopic (exact) mass is 293 g/mol. The van der Waals surface area contributed by atoms with Crippen molar-refractivity contribution in [1.29, 1.82) is 0 Å². The molecule has 0 bridgehead atoms. The second-order valence-electron chi connectivity index (χ2n) is 5.38. The van der Waals surface area contributed by atoms with Gasteiger partial charge in [0.1, 0.15) is 5.75 Å². The third-order valence-corrected chi connectivity index (χ3v) is 3.61. The predicted molar refractivity (Wildman–Crippen MR) is 79.4 cm³/mol. The van der Waals surface area contributed by atoms with Crippen molar-refractivity contribution < 1.29 is 19.4 Å². The highest BCUT2D eigenvalue weighted by Gasteiger charge is 2.23. The molecule has 1 aromatic carbocycles. The number of amides is 1. The number of nitrogens with zero attached hydrogens (tertiary/aromatic N) is 1. The number of morpholine rings is 1. The molecule has 1 amide bonds. The lowest BCUT2D eigenvalue weighted by atomic mass is 10.1. The van der Waals surface area contributed by atoms with E-state index in [0.717, 1.165) is 16.9 Å². The summed E-state index contributed by atoms with van der Waals surface area (Å²) in [6.07, 6.45) is 0.0774. The fourth-order valence-electron chi connectivity index (χ4n) is 2.33. The van der Waals surface area contributed by atoms with Crippen molar-refractivity contribution in [3.63, 3.8) is 0 Å². The Morgan fingerprint density at radius 1 is 1.48 bits per heavy atom. The summed E-state index contributed by atoms with van der Waals surface area (Å²) >= 11 is 0. The Labute approximate surface area is 125 Å². The van der Waals surface area contributed by atoms with Crippen LogP contribution < -0.4 is 4.74 Å². The van der Waals surface area contributed by atoms with Gasteiger partial charge in [-0.2, -0.15) is 0 Å². The molecular weight excluding hydrogens is 270 g/mol. The average molecular weight is 293 g/mol. The Morgan fingerprint density at radius 3 is 3.05 bits per heavy atom. The number of hydrogen-bond acceptors (Lipinski definition) is 4. The lowest BCUT2D eigenvalue weighted by Crippen LogP contribution is -2.47. The van der Waals surface area contributed by atoms with Gasteiger partial charge in [-0.05, 0) is 31.0 Å². The largest absolute Gasteiger partial charge is 0.493 e. The number of rotatable bonds is 5. The van der Waals surface area contributed by atoms with Crippen LogP contribution in [0.25, 0.3) is 0 Å². The Hall–Kier alpha value is -1.59. The van der Waals surface area contributed by atoms with Crippen molar-refractivity contribution in [1.82, 2.24) is 4.90 Å². The minimum atomic E-state index is -0.261. The summed E-state index contributed by atoms with van der Waals surface area (Å²) in [5.74, 6) is 0.875. The van der Waals surface area contributed by atoms with Crippen LogP contribution in [-0.2, 0) is 9.53 Å². The smallest absolute Gasteiger partial charge is 0.226 e. The SMILES string of the molecule is Cc1ccc(C)c(OCCC(=O)N2CCOC(CO)C2)c1. The minimum Gasteiger partial charge on any atom is -0.493 e. The number of aryl methyl sites for hydroxylation is 2. The predicted octanol–water partition coefficient (Wildman–Crippen LogP) is 1.29. The van der Waals surface area contributed by atoms with E-state index in [0.29, 0.717) is 32.7 Å². The molecular formula is C16H23NO4. The van der Waals surface area contributed by atoms with Gasteiger partial charge >= 0.3 is 0 Å². The van der Waals surface area contributed by atoms with Gasteiger partial charge in [0.15, 0.2) is 0 Å².